The summed E-state index contributed by atoms with van der Waals surface area (Å²) in [5, 5.41) is 11.9. The van der Waals surface area contributed by atoms with Crippen LogP contribution in [0.2, 0.25) is 0 Å². The van der Waals surface area contributed by atoms with Crippen molar-refractivity contribution in [3.05, 3.63) is 158 Å². The minimum absolute atomic E-state index is 0.0373. The number of alkyl halides is 6. The average Bonchev–Trinajstić information content (AvgIpc) is 3.28. The number of hydrogen-bond donors (Lipinski definition) is 0. The Hall–Kier alpha value is -6.01. The van der Waals surface area contributed by atoms with Gasteiger partial charge in [0.25, 0.3) is 0 Å². The van der Waals surface area contributed by atoms with Gasteiger partial charge in [-0.2, -0.15) is 31.6 Å². The van der Waals surface area contributed by atoms with Gasteiger partial charge in [-0.25, -0.2) is 0 Å². The highest BCUT2D eigenvalue weighted by atomic mass is 19.4. The molecular formula is C57H57F6N3. The number of fused-ring (bicyclic) bond motifs is 4. The molecule has 342 valence electrons. The van der Waals surface area contributed by atoms with Crippen molar-refractivity contribution in [3.63, 3.8) is 0 Å². The Labute approximate surface area is 385 Å². The minimum atomic E-state index is -5.16. The van der Waals surface area contributed by atoms with Crippen molar-refractivity contribution in [2.24, 2.45) is 0 Å². The first-order chi connectivity index (χ1) is 30.7. The Morgan fingerprint density at radius 2 is 0.712 bits per heavy atom. The largest absolute Gasteiger partial charge is 0.417 e. The summed E-state index contributed by atoms with van der Waals surface area (Å²) in [6.45, 7) is 33.3. The first-order valence-corrected chi connectivity index (χ1v) is 22.5. The number of rotatable bonds is 3. The molecule has 0 fully saturated rings. The van der Waals surface area contributed by atoms with E-state index in [1.54, 1.807) is 12.1 Å². The number of nitriles is 1. The van der Waals surface area contributed by atoms with E-state index in [2.05, 4.69) is 127 Å². The van der Waals surface area contributed by atoms with Crippen molar-refractivity contribution >= 4 is 34.1 Å². The van der Waals surface area contributed by atoms with Crippen molar-refractivity contribution < 1.29 is 26.3 Å². The quantitative estimate of drug-likeness (QED) is 0.166. The van der Waals surface area contributed by atoms with Gasteiger partial charge in [0.15, 0.2) is 0 Å². The highest BCUT2D eigenvalue weighted by Crippen LogP contribution is 2.58. The number of halogens is 6. The number of hydrogen-bond acceptors (Lipinski definition) is 3. The summed E-state index contributed by atoms with van der Waals surface area (Å²) in [4.78, 5) is 4.20. The van der Waals surface area contributed by atoms with Gasteiger partial charge in [0, 0.05) is 12.8 Å². The zero-order valence-electron chi connectivity index (χ0n) is 40.9. The van der Waals surface area contributed by atoms with Crippen LogP contribution in [0.4, 0.5) is 60.5 Å². The lowest BCUT2D eigenvalue weighted by Gasteiger charge is -2.42. The summed E-state index contributed by atoms with van der Waals surface area (Å²) in [5.41, 5.74) is 22.4. The molecule has 2 aliphatic heterocycles. The van der Waals surface area contributed by atoms with Crippen molar-refractivity contribution in [1.29, 1.82) is 5.26 Å². The van der Waals surface area contributed by atoms with E-state index in [0.29, 0.717) is 24.2 Å². The second kappa shape index (κ2) is 15.5. The first-order valence-electron chi connectivity index (χ1n) is 22.5. The van der Waals surface area contributed by atoms with E-state index in [-0.39, 0.29) is 17.2 Å². The van der Waals surface area contributed by atoms with E-state index in [0.717, 1.165) is 146 Å². The maximum absolute atomic E-state index is 15.4. The molecule has 0 radical (unpaired) electrons. The fraction of sp³-hybridized carbons (Fsp3) is 0.351. The van der Waals surface area contributed by atoms with Gasteiger partial charge in [-0.15, -0.1) is 0 Å². The van der Waals surface area contributed by atoms with Crippen LogP contribution in [0.1, 0.15) is 128 Å². The predicted octanol–water partition coefficient (Wildman–Crippen LogP) is 16.9. The molecule has 0 atom stereocenters. The van der Waals surface area contributed by atoms with E-state index < -0.39 is 29.0 Å². The third kappa shape index (κ3) is 6.60. The molecule has 0 unspecified atom stereocenters. The predicted molar refractivity (Wildman–Crippen MR) is 257 cm³/mol. The third-order valence-corrected chi connectivity index (χ3v) is 16.4. The van der Waals surface area contributed by atoms with E-state index in [1.807, 2.05) is 0 Å². The van der Waals surface area contributed by atoms with E-state index in [4.69, 9.17) is 0 Å². The van der Waals surface area contributed by atoms with Crippen molar-refractivity contribution in [1.82, 2.24) is 0 Å². The molecule has 0 aromatic heterocycles. The van der Waals surface area contributed by atoms with Gasteiger partial charge in [0.2, 0.25) is 0 Å². The number of anilines is 6. The highest BCUT2D eigenvalue weighted by molar-refractivity contribution is 5.99. The van der Waals surface area contributed by atoms with Gasteiger partial charge in [-0.05, 0) is 257 Å². The Balaban J connectivity index is 1.65. The second-order valence-corrected chi connectivity index (χ2v) is 19.1. The van der Waals surface area contributed by atoms with Gasteiger partial charge in [0.05, 0.1) is 45.3 Å². The molecular weight excluding hydrogens is 841 g/mol. The Kier molecular flexibility index (Phi) is 11.0. The smallest absolute Gasteiger partial charge is 0.308 e. The topological polar surface area (TPSA) is 30.3 Å². The Morgan fingerprint density at radius 1 is 0.409 bits per heavy atom. The van der Waals surface area contributed by atoms with Gasteiger partial charge in [-0.1, -0.05) is 6.07 Å². The van der Waals surface area contributed by atoms with Crippen LogP contribution in [0.15, 0.2) is 30.3 Å². The summed E-state index contributed by atoms with van der Waals surface area (Å²) < 4.78 is 89.1. The second-order valence-electron chi connectivity index (χ2n) is 19.1. The zero-order valence-corrected chi connectivity index (χ0v) is 40.9. The van der Waals surface area contributed by atoms with Crippen LogP contribution >= 0.6 is 0 Å². The highest BCUT2D eigenvalue weighted by Gasteiger charge is 2.41. The molecule has 2 heterocycles. The third-order valence-electron chi connectivity index (χ3n) is 16.4. The Bertz CT molecular complexity index is 2890. The molecule has 0 spiro atoms. The monoisotopic (exact) mass is 897 g/mol. The minimum Gasteiger partial charge on any atom is -0.308 e. The molecule has 8 rings (SSSR count). The fourth-order valence-corrected chi connectivity index (χ4v) is 11.1. The molecule has 0 N–H and O–H groups in total. The van der Waals surface area contributed by atoms with Crippen LogP contribution in [0.3, 0.4) is 0 Å². The molecule has 2 aliphatic rings. The van der Waals surface area contributed by atoms with Gasteiger partial charge in [-0.3, -0.25) is 0 Å². The molecule has 3 nitrogen and oxygen atoms in total. The molecule has 0 saturated carbocycles. The van der Waals surface area contributed by atoms with Gasteiger partial charge >= 0.3 is 12.4 Å². The summed E-state index contributed by atoms with van der Waals surface area (Å²) >= 11 is 0. The number of nitrogens with zero attached hydrogens (tertiary/aromatic N) is 3. The Morgan fingerprint density at radius 3 is 0.985 bits per heavy atom. The van der Waals surface area contributed by atoms with Gasteiger partial charge < -0.3 is 9.80 Å². The molecule has 9 heteroatoms. The fourth-order valence-electron chi connectivity index (χ4n) is 11.1. The van der Waals surface area contributed by atoms with Crippen molar-refractivity contribution in [2.45, 2.75) is 136 Å². The SMILES string of the molecule is Cc1c(C)c(C)c2c(c1C)Cc1c(C)c(C)c(C)c(C)c1N2c1cc(-c2ccc(C(F)(F)F)cc2C(F)(F)F)cc(N2c3c(C)c(C)c(C)c(C)c3Cc3c(C)c(C)c(C)c(C)c32)c1C#N. The first kappa shape index (κ1) is 46.5. The van der Waals surface area contributed by atoms with Crippen LogP contribution < -0.4 is 9.80 Å². The summed E-state index contributed by atoms with van der Waals surface area (Å²) in [5.74, 6) is 0. The summed E-state index contributed by atoms with van der Waals surface area (Å²) in [6, 6.07) is 7.70. The molecule has 0 aliphatic carbocycles. The molecule has 0 bridgehead atoms. The maximum Gasteiger partial charge on any atom is 0.417 e. The molecule has 0 amide bonds. The van der Waals surface area contributed by atoms with E-state index in [9.17, 15) is 18.4 Å². The lowest BCUT2D eigenvalue weighted by Crippen LogP contribution is -2.27. The van der Waals surface area contributed by atoms with E-state index >= 15 is 13.2 Å². The number of benzene rings is 6. The summed E-state index contributed by atoms with van der Waals surface area (Å²) in [7, 11) is 0. The zero-order chi connectivity index (χ0) is 48.7. The normalized spacial score (nSPS) is 13.4. The van der Waals surface area contributed by atoms with Crippen molar-refractivity contribution in [3.8, 4) is 17.2 Å². The molecule has 6 aromatic carbocycles. The van der Waals surface area contributed by atoms with E-state index in [1.165, 1.54) is 0 Å². The molecule has 0 saturated heterocycles. The van der Waals surface area contributed by atoms with Crippen LogP contribution in [-0.4, -0.2) is 0 Å². The van der Waals surface area contributed by atoms with Crippen LogP contribution in [0.25, 0.3) is 11.1 Å². The summed E-state index contributed by atoms with van der Waals surface area (Å²) in [6.07, 6.45) is -8.96. The lowest BCUT2D eigenvalue weighted by atomic mass is 9.79. The lowest BCUT2D eigenvalue weighted by molar-refractivity contribution is -0.142. The standard InChI is InChI=1S/C57H57F6N3/c1-25-29(5)37(13)52-44(33(25)9)22-45-34(10)26(2)30(6)38(14)53(45)65(52)50-19-41(43-18-17-42(56(58,59)60)21-49(43)57(61,62)63)20-51(48(50)24-64)66-54-39(15)31(7)27(3)35(11)46(54)23-47-36(12)28(4)32(8)40(16)55(47)66/h17-21H,22-23H2,1-16H3. The molecule has 66 heavy (non-hydrogen) atoms. The van der Waals surface area contributed by atoms with Crippen LogP contribution in [-0.2, 0) is 25.2 Å². The van der Waals surface area contributed by atoms with Crippen LogP contribution in [0, 0.1) is 122 Å². The van der Waals surface area contributed by atoms with Crippen molar-refractivity contribution in [2.75, 3.05) is 9.80 Å². The maximum atomic E-state index is 15.4. The average molecular weight is 898 g/mol. The van der Waals surface area contributed by atoms with Crippen LogP contribution in [0.5, 0.6) is 0 Å². The molecule has 6 aromatic rings. The van der Waals surface area contributed by atoms with Gasteiger partial charge in [0.1, 0.15) is 11.6 Å².